The van der Waals surface area contributed by atoms with Gasteiger partial charge in [-0.1, -0.05) is 18.2 Å². The van der Waals surface area contributed by atoms with E-state index in [1.807, 2.05) is 37.3 Å². The highest BCUT2D eigenvalue weighted by molar-refractivity contribution is 5.90. The fraction of sp³-hybridized carbons (Fsp3) is 0.133. The average molecular weight is 238 g/mol. The summed E-state index contributed by atoms with van der Waals surface area (Å²) in [6.07, 6.45) is 1.68. The van der Waals surface area contributed by atoms with Crippen molar-refractivity contribution in [1.29, 1.82) is 0 Å². The van der Waals surface area contributed by atoms with E-state index in [4.69, 9.17) is 4.42 Å². The van der Waals surface area contributed by atoms with Crippen molar-refractivity contribution in [2.75, 3.05) is 5.32 Å². The summed E-state index contributed by atoms with van der Waals surface area (Å²) in [7, 11) is 0. The highest BCUT2D eigenvalue weighted by atomic mass is 16.3. The Morgan fingerprint density at radius 3 is 2.89 bits per heavy atom. The number of aryl methyl sites for hydroxylation is 1. The second-order valence-electron chi connectivity index (χ2n) is 4.26. The van der Waals surface area contributed by atoms with Gasteiger partial charge in [-0.2, -0.15) is 0 Å². The molecule has 0 unspecified atom stereocenters. The monoisotopic (exact) mass is 238 g/mol. The minimum Gasteiger partial charge on any atom is -0.467 e. The van der Waals surface area contributed by atoms with E-state index in [9.17, 15) is 0 Å². The Morgan fingerprint density at radius 2 is 2.06 bits per heavy atom. The fourth-order valence-electron chi connectivity index (χ4n) is 1.98. The van der Waals surface area contributed by atoms with Crippen molar-refractivity contribution < 1.29 is 4.42 Å². The third kappa shape index (κ3) is 2.07. The Bertz CT molecular complexity index is 659. The van der Waals surface area contributed by atoms with Gasteiger partial charge >= 0.3 is 0 Å². The van der Waals surface area contributed by atoms with Crippen molar-refractivity contribution in [2.45, 2.75) is 13.5 Å². The first kappa shape index (κ1) is 10.8. The fourth-order valence-corrected chi connectivity index (χ4v) is 1.98. The van der Waals surface area contributed by atoms with Gasteiger partial charge in [-0.15, -0.1) is 0 Å². The predicted molar refractivity (Wildman–Crippen MR) is 72.5 cm³/mol. The van der Waals surface area contributed by atoms with Gasteiger partial charge < -0.3 is 9.73 Å². The molecule has 0 spiro atoms. The van der Waals surface area contributed by atoms with E-state index >= 15 is 0 Å². The van der Waals surface area contributed by atoms with Crippen molar-refractivity contribution in [1.82, 2.24) is 4.98 Å². The summed E-state index contributed by atoms with van der Waals surface area (Å²) < 4.78 is 5.31. The minimum absolute atomic E-state index is 0.668. The summed E-state index contributed by atoms with van der Waals surface area (Å²) >= 11 is 0. The first-order valence-corrected chi connectivity index (χ1v) is 5.95. The summed E-state index contributed by atoms with van der Waals surface area (Å²) in [6.45, 7) is 2.67. The number of anilines is 1. The van der Waals surface area contributed by atoms with Gasteiger partial charge in [-0.3, -0.25) is 4.98 Å². The molecule has 0 saturated heterocycles. The molecule has 3 rings (SSSR count). The molecule has 0 bridgehead atoms. The lowest BCUT2D eigenvalue weighted by atomic mass is 10.1. The molecule has 90 valence electrons. The van der Waals surface area contributed by atoms with Crippen LogP contribution in [-0.4, -0.2) is 4.98 Å². The largest absolute Gasteiger partial charge is 0.467 e. The van der Waals surface area contributed by atoms with Crippen LogP contribution >= 0.6 is 0 Å². The zero-order chi connectivity index (χ0) is 12.4. The summed E-state index contributed by atoms with van der Waals surface area (Å²) in [5.41, 5.74) is 3.06. The first-order chi connectivity index (χ1) is 8.83. The van der Waals surface area contributed by atoms with Crippen LogP contribution < -0.4 is 5.32 Å². The maximum Gasteiger partial charge on any atom is 0.122 e. The average Bonchev–Trinajstić information content (AvgIpc) is 2.89. The van der Waals surface area contributed by atoms with Crippen LogP contribution in [0, 0.1) is 6.92 Å². The molecule has 2 heterocycles. The van der Waals surface area contributed by atoms with E-state index in [1.54, 1.807) is 6.26 Å². The summed E-state index contributed by atoms with van der Waals surface area (Å²) in [5, 5.41) is 4.50. The highest BCUT2D eigenvalue weighted by Crippen LogP contribution is 2.22. The molecule has 3 aromatic rings. The molecule has 2 aromatic heterocycles. The van der Waals surface area contributed by atoms with Crippen LogP contribution in [0.4, 0.5) is 5.69 Å². The van der Waals surface area contributed by atoms with Crippen LogP contribution in [0.2, 0.25) is 0 Å². The Balaban J connectivity index is 1.93. The van der Waals surface area contributed by atoms with Crippen LogP contribution in [0.15, 0.2) is 53.1 Å². The molecule has 0 atom stereocenters. The van der Waals surface area contributed by atoms with Crippen LogP contribution in [0.1, 0.15) is 11.5 Å². The maximum absolute atomic E-state index is 5.31. The molecule has 0 aliphatic heterocycles. The summed E-state index contributed by atoms with van der Waals surface area (Å²) in [5.74, 6) is 0.916. The van der Waals surface area contributed by atoms with Gasteiger partial charge in [-0.25, -0.2) is 0 Å². The number of fused-ring (bicyclic) bond motifs is 1. The molecule has 1 N–H and O–H groups in total. The molecule has 3 heteroatoms. The number of aromatic nitrogens is 1. The second kappa shape index (κ2) is 4.53. The molecule has 0 saturated carbocycles. The lowest BCUT2D eigenvalue weighted by Gasteiger charge is -2.08. The second-order valence-corrected chi connectivity index (χ2v) is 4.26. The zero-order valence-corrected chi connectivity index (χ0v) is 10.2. The summed E-state index contributed by atoms with van der Waals surface area (Å²) in [6, 6.07) is 14.1. The van der Waals surface area contributed by atoms with E-state index in [0.29, 0.717) is 6.54 Å². The van der Waals surface area contributed by atoms with Gasteiger partial charge in [0, 0.05) is 11.1 Å². The van der Waals surface area contributed by atoms with Gasteiger partial charge in [0.25, 0.3) is 0 Å². The van der Waals surface area contributed by atoms with E-state index in [-0.39, 0.29) is 0 Å². The van der Waals surface area contributed by atoms with Gasteiger partial charge in [0.15, 0.2) is 0 Å². The Hall–Kier alpha value is -2.29. The van der Waals surface area contributed by atoms with Gasteiger partial charge in [0.1, 0.15) is 5.76 Å². The molecule has 0 aliphatic rings. The zero-order valence-electron chi connectivity index (χ0n) is 10.2. The van der Waals surface area contributed by atoms with Crippen LogP contribution in [0.3, 0.4) is 0 Å². The number of para-hydroxylation sites is 1. The number of hydrogen-bond acceptors (Lipinski definition) is 3. The van der Waals surface area contributed by atoms with Gasteiger partial charge in [0.05, 0.1) is 24.0 Å². The molecule has 0 amide bonds. The van der Waals surface area contributed by atoms with Crippen molar-refractivity contribution in [3.8, 4) is 0 Å². The van der Waals surface area contributed by atoms with E-state index < -0.39 is 0 Å². The third-order valence-electron chi connectivity index (χ3n) is 2.89. The Labute approximate surface area is 105 Å². The molecular weight excluding hydrogens is 224 g/mol. The SMILES string of the molecule is Cc1ccc2cccc(NCc3ccco3)c2n1. The highest BCUT2D eigenvalue weighted by Gasteiger charge is 2.03. The molecule has 18 heavy (non-hydrogen) atoms. The van der Waals surface area contributed by atoms with E-state index in [0.717, 1.165) is 28.0 Å². The smallest absolute Gasteiger partial charge is 0.122 e. The van der Waals surface area contributed by atoms with Crippen LogP contribution in [0.25, 0.3) is 10.9 Å². The lowest BCUT2D eigenvalue weighted by molar-refractivity contribution is 0.518. The molecular formula is C15H14N2O. The Morgan fingerprint density at radius 1 is 1.11 bits per heavy atom. The minimum atomic E-state index is 0.668. The molecule has 0 aliphatic carbocycles. The summed E-state index contributed by atoms with van der Waals surface area (Å²) in [4.78, 5) is 4.58. The van der Waals surface area contributed by atoms with E-state index in [1.165, 1.54) is 0 Å². The number of benzene rings is 1. The molecule has 0 fully saturated rings. The quantitative estimate of drug-likeness (QED) is 0.755. The Kier molecular flexibility index (Phi) is 2.73. The topological polar surface area (TPSA) is 38.1 Å². The van der Waals surface area contributed by atoms with E-state index in [2.05, 4.69) is 22.4 Å². The number of rotatable bonds is 3. The van der Waals surface area contributed by atoms with Crippen molar-refractivity contribution in [3.63, 3.8) is 0 Å². The standard InChI is InChI=1S/C15H14N2O/c1-11-7-8-12-4-2-6-14(15(12)17-11)16-10-13-5-3-9-18-13/h2-9,16H,10H2,1H3. The van der Waals surface area contributed by atoms with Crippen molar-refractivity contribution in [3.05, 3.63) is 60.2 Å². The van der Waals surface area contributed by atoms with Crippen LogP contribution in [0.5, 0.6) is 0 Å². The molecule has 0 radical (unpaired) electrons. The number of pyridine rings is 1. The van der Waals surface area contributed by atoms with Gasteiger partial charge in [-0.05, 0) is 31.2 Å². The van der Waals surface area contributed by atoms with Crippen molar-refractivity contribution in [2.24, 2.45) is 0 Å². The third-order valence-corrected chi connectivity index (χ3v) is 2.89. The molecule has 3 nitrogen and oxygen atoms in total. The number of furan rings is 1. The number of hydrogen-bond donors (Lipinski definition) is 1. The number of nitrogens with one attached hydrogen (secondary N) is 1. The number of nitrogens with zero attached hydrogens (tertiary/aromatic N) is 1. The van der Waals surface area contributed by atoms with Gasteiger partial charge in [0.2, 0.25) is 0 Å². The maximum atomic E-state index is 5.31. The van der Waals surface area contributed by atoms with Crippen LogP contribution in [-0.2, 0) is 6.54 Å². The predicted octanol–water partition coefficient (Wildman–Crippen LogP) is 3.75. The normalized spacial score (nSPS) is 10.7. The first-order valence-electron chi connectivity index (χ1n) is 5.95. The molecule has 1 aromatic carbocycles. The van der Waals surface area contributed by atoms with Crippen molar-refractivity contribution >= 4 is 16.6 Å². The lowest BCUT2D eigenvalue weighted by Crippen LogP contribution is -1.99.